The highest BCUT2D eigenvalue weighted by Gasteiger charge is 2.41. The van der Waals surface area contributed by atoms with Gasteiger partial charge in [0.15, 0.2) is 0 Å². The molecule has 2 saturated carbocycles. The molecule has 0 unspecified atom stereocenters. The minimum atomic E-state index is -0.558. The molecule has 0 saturated heterocycles. The smallest absolute Gasteiger partial charge is 0.227 e. The molecule has 94 valence electrons. The summed E-state index contributed by atoms with van der Waals surface area (Å²) >= 11 is 0. The second-order valence-corrected chi connectivity index (χ2v) is 5.98. The predicted molar refractivity (Wildman–Crippen MR) is 66.1 cm³/mol. The van der Waals surface area contributed by atoms with Crippen molar-refractivity contribution in [3.8, 4) is 6.07 Å². The van der Waals surface area contributed by atoms with Gasteiger partial charge in [0.25, 0.3) is 0 Å². The number of carbonyl (C=O) groups excluding carboxylic acids is 1. The number of hydrogen-bond donors (Lipinski definition) is 1. The molecule has 1 N–H and O–H groups in total. The van der Waals surface area contributed by atoms with Crippen molar-refractivity contribution in [3.05, 3.63) is 0 Å². The molecule has 0 aromatic carbocycles. The second kappa shape index (κ2) is 4.68. The molecule has 0 bridgehead atoms. The number of carbonyl (C=O) groups is 1. The van der Waals surface area contributed by atoms with Crippen LogP contribution in [0.25, 0.3) is 0 Å². The molecule has 17 heavy (non-hydrogen) atoms. The standard InChI is InChI=1S/C14H22N2O/c1-13(7-3-2-4-8-13)12(17)16-14(11-15)9-5-6-10-14/h2-10H2,1H3,(H,16,17). The third-order valence-corrected chi connectivity index (χ3v) is 4.53. The third-order valence-electron chi connectivity index (χ3n) is 4.53. The van der Waals surface area contributed by atoms with Crippen LogP contribution in [0.4, 0.5) is 0 Å². The molecule has 3 heteroatoms. The van der Waals surface area contributed by atoms with Gasteiger partial charge in [-0.1, -0.05) is 26.2 Å². The molecule has 1 amide bonds. The highest BCUT2D eigenvalue weighted by atomic mass is 16.2. The molecule has 0 spiro atoms. The molecule has 0 aliphatic heterocycles. The van der Waals surface area contributed by atoms with Gasteiger partial charge in [0, 0.05) is 5.41 Å². The van der Waals surface area contributed by atoms with Crippen LogP contribution in [-0.4, -0.2) is 11.4 Å². The minimum Gasteiger partial charge on any atom is -0.337 e. The molecule has 2 rings (SSSR count). The van der Waals surface area contributed by atoms with E-state index in [1.54, 1.807) is 0 Å². The maximum Gasteiger partial charge on any atom is 0.227 e. The number of nitrogens with one attached hydrogen (secondary N) is 1. The average molecular weight is 234 g/mol. The van der Waals surface area contributed by atoms with Crippen LogP contribution >= 0.6 is 0 Å². The first-order valence-electron chi connectivity index (χ1n) is 6.84. The fourth-order valence-corrected chi connectivity index (χ4v) is 3.17. The molecule has 0 heterocycles. The van der Waals surface area contributed by atoms with E-state index in [2.05, 4.69) is 18.3 Å². The molecule has 0 atom stereocenters. The normalized spacial score (nSPS) is 26.1. The molecule has 2 aliphatic rings. The molecule has 2 aliphatic carbocycles. The summed E-state index contributed by atoms with van der Waals surface area (Å²) in [6.07, 6.45) is 9.24. The average Bonchev–Trinajstić information content (AvgIpc) is 2.79. The van der Waals surface area contributed by atoms with Crippen LogP contribution in [0.1, 0.15) is 64.7 Å². The van der Waals surface area contributed by atoms with Crippen molar-refractivity contribution in [2.45, 2.75) is 70.3 Å². The van der Waals surface area contributed by atoms with Crippen LogP contribution < -0.4 is 5.32 Å². The van der Waals surface area contributed by atoms with Crippen LogP contribution in [0.3, 0.4) is 0 Å². The monoisotopic (exact) mass is 234 g/mol. The Morgan fingerprint density at radius 2 is 1.59 bits per heavy atom. The number of rotatable bonds is 2. The number of nitriles is 1. The van der Waals surface area contributed by atoms with Crippen LogP contribution in [0.15, 0.2) is 0 Å². The summed E-state index contributed by atoms with van der Waals surface area (Å²) in [5, 5.41) is 12.3. The Morgan fingerprint density at radius 1 is 1.06 bits per heavy atom. The fourth-order valence-electron chi connectivity index (χ4n) is 3.17. The van der Waals surface area contributed by atoms with Crippen molar-refractivity contribution in [1.82, 2.24) is 5.32 Å². The minimum absolute atomic E-state index is 0.112. The predicted octanol–water partition coefficient (Wildman–Crippen LogP) is 2.91. The van der Waals surface area contributed by atoms with Gasteiger partial charge in [-0.25, -0.2) is 0 Å². The first-order valence-corrected chi connectivity index (χ1v) is 6.84. The van der Waals surface area contributed by atoms with Gasteiger partial charge in [-0.3, -0.25) is 4.79 Å². The van der Waals surface area contributed by atoms with Gasteiger partial charge in [-0.05, 0) is 38.5 Å². The topological polar surface area (TPSA) is 52.9 Å². The Hall–Kier alpha value is -1.04. The maximum absolute atomic E-state index is 12.4. The number of amides is 1. The van der Waals surface area contributed by atoms with Crippen molar-refractivity contribution in [2.24, 2.45) is 5.41 Å². The van der Waals surface area contributed by atoms with E-state index in [1.807, 2.05) is 0 Å². The van der Waals surface area contributed by atoms with Gasteiger partial charge in [0.1, 0.15) is 5.54 Å². The fraction of sp³-hybridized carbons (Fsp3) is 0.857. The zero-order chi connectivity index (χ0) is 12.4. The van der Waals surface area contributed by atoms with Gasteiger partial charge < -0.3 is 5.32 Å². The Kier molecular flexibility index (Phi) is 3.42. The summed E-state index contributed by atoms with van der Waals surface area (Å²) in [7, 11) is 0. The lowest BCUT2D eigenvalue weighted by Gasteiger charge is -2.35. The van der Waals surface area contributed by atoms with Gasteiger partial charge in [0.05, 0.1) is 6.07 Å². The molecular weight excluding hydrogens is 212 g/mol. The van der Waals surface area contributed by atoms with E-state index < -0.39 is 5.54 Å². The Balaban J connectivity index is 2.03. The summed E-state index contributed by atoms with van der Waals surface area (Å²) in [5.41, 5.74) is -0.789. The second-order valence-electron chi connectivity index (χ2n) is 5.98. The molecule has 3 nitrogen and oxygen atoms in total. The summed E-state index contributed by atoms with van der Waals surface area (Å²) in [6, 6.07) is 2.33. The molecule has 0 aromatic heterocycles. The van der Waals surface area contributed by atoms with Crippen LogP contribution in [0.2, 0.25) is 0 Å². The lowest BCUT2D eigenvalue weighted by atomic mass is 9.74. The molecule has 0 radical (unpaired) electrons. The summed E-state index contributed by atoms with van der Waals surface area (Å²) in [6.45, 7) is 2.06. The quantitative estimate of drug-likeness (QED) is 0.798. The van der Waals surface area contributed by atoms with E-state index in [1.165, 1.54) is 6.42 Å². The zero-order valence-electron chi connectivity index (χ0n) is 10.7. The Bertz CT molecular complexity index is 331. The van der Waals surface area contributed by atoms with Crippen LogP contribution in [0.5, 0.6) is 0 Å². The van der Waals surface area contributed by atoms with Crippen molar-refractivity contribution < 1.29 is 4.79 Å². The van der Waals surface area contributed by atoms with Gasteiger partial charge in [0.2, 0.25) is 5.91 Å². The Labute approximate surface area is 104 Å². The first kappa shape index (κ1) is 12.4. The van der Waals surface area contributed by atoms with E-state index in [4.69, 9.17) is 0 Å². The van der Waals surface area contributed by atoms with Gasteiger partial charge >= 0.3 is 0 Å². The van der Waals surface area contributed by atoms with E-state index >= 15 is 0 Å². The molecular formula is C14H22N2O. The van der Waals surface area contributed by atoms with Crippen LogP contribution in [0, 0.1) is 16.7 Å². The van der Waals surface area contributed by atoms with Crippen molar-refractivity contribution in [3.63, 3.8) is 0 Å². The summed E-state index contributed by atoms with van der Waals surface area (Å²) in [5.74, 6) is 0.112. The molecule has 2 fully saturated rings. The lowest BCUT2D eigenvalue weighted by Crippen LogP contribution is -2.51. The van der Waals surface area contributed by atoms with Gasteiger partial charge in [-0.15, -0.1) is 0 Å². The Morgan fingerprint density at radius 3 is 2.12 bits per heavy atom. The van der Waals surface area contributed by atoms with E-state index in [0.717, 1.165) is 51.4 Å². The lowest BCUT2D eigenvalue weighted by molar-refractivity contribution is -0.133. The highest BCUT2D eigenvalue weighted by Crippen LogP contribution is 2.37. The van der Waals surface area contributed by atoms with E-state index in [9.17, 15) is 10.1 Å². The number of nitrogens with zero attached hydrogens (tertiary/aromatic N) is 1. The van der Waals surface area contributed by atoms with E-state index in [0.29, 0.717) is 0 Å². The largest absolute Gasteiger partial charge is 0.337 e. The van der Waals surface area contributed by atoms with Crippen molar-refractivity contribution >= 4 is 5.91 Å². The third kappa shape index (κ3) is 2.46. The molecule has 0 aromatic rings. The zero-order valence-corrected chi connectivity index (χ0v) is 10.7. The first-order chi connectivity index (χ1) is 8.10. The van der Waals surface area contributed by atoms with Gasteiger partial charge in [-0.2, -0.15) is 5.26 Å². The SMILES string of the molecule is CC1(C(=O)NC2(C#N)CCCC2)CCCCC1. The van der Waals surface area contributed by atoms with Crippen molar-refractivity contribution in [1.29, 1.82) is 5.26 Å². The van der Waals surface area contributed by atoms with Crippen LogP contribution in [-0.2, 0) is 4.79 Å². The number of hydrogen-bond acceptors (Lipinski definition) is 2. The maximum atomic E-state index is 12.4. The van der Waals surface area contributed by atoms with Crippen molar-refractivity contribution in [2.75, 3.05) is 0 Å². The summed E-state index contributed by atoms with van der Waals surface area (Å²) < 4.78 is 0. The summed E-state index contributed by atoms with van der Waals surface area (Å²) in [4.78, 5) is 12.4. The highest BCUT2D eigenvalue weighted by molar-refractivity contribution is 5.83. The van der Waals surface area contributed by atoms with E-state index in [-0.39, 0.29) is 11.3 Å².